The molecule has 9 heteroatoms. The van der Waals surface area contributed by atoms with Crippen molar-refractivity contribution in [2.45, 2.75) is 318 Å². The summed E-state index contributed by atoms with van der Waals surface area (Å²) in [6.07, 6.45) is 56.5. The summed E-state index contributed by atoms with van der Waals surface area (Å²) in [7, 11) is 0. The summed E-state index contributed by atoms with van der Waals surface area (Å²) >= 11 is 0. The Morgan fingerprint density at radius 3 is 0.754 bits per heavy atom. The summed E-state index contributed by atoms with van der Waals surface area (Å²) in [6, 6.07) is 0. The monoisotopic (exact) mass is 985 g/mol. The number of aliphatic carboxylic acids is 3. The van der Waals surface area contributed by atoms with Crippen molar-refractivity contribution in [2.75, 3.05) is 19.8 Å². The third-order valence-electron chi connectivity index (χ3n) is 13.3. The van der Waals surface area contributed by atoms with E-state index in [0.717, 1.165) is 50.4 Å². The number of aliphatic hydroxyl groups is 3. The second-order valence-electron chi connectivity index (χ2n) is 21.2. The van der Waals surface area contributed by atoms with Crippen LogP contribution in [0.2, 0.25) is 0 Å². The highest BCUT2D eigenvalue weighted by Crippen LogP contribution is 2.19. The Balaban J connectivity index is -0.000000421. The number of unbranched alkanes of at least 4 members (excludes halogenated alkanes) is 33. The highest BCUT2D eigenvalue weighted by Gasteiger charge is 2.25. The molecule has 0 saturated heterocycles. The highest BCUT2D eigenvalue weighted by atomic mass is 16.4. The molecule has 0 aromatic carbocycles. The first kappa shape index (κ1) is 73.6. The number of hydrogen-bond donors (Lipinski definition) is 6. The van der Waals surface area contributed by atoms with Gasteiger partial charge in [0.05, 0.1) is 19.8 Å². The first-order chi connectivity index (χ1) is 33.3. The van der Waals surface area contributed by atoms with Gasteiger partial charge < -0.3 is 30.6 Å². The van der Waals surface area contributed by atoms with Crippen LogP contribution in [0.5, 0.6) is 0 Å². The predicted molar refractivity (Wildman–Crippen MR) is 295 cm³/mol. The van der Waals surface area contributed by atoms with Crippen molar-refractivity contribution in [1.29, 1.82) is 0 Å². The van der Waals surface area contributed by atoms with Gasteiger partial charge in [-0.15, -0.1) is 0 Å². The standard InChI is InChI=1S/2C18H36O2.C18H34O2.C6H14O3/c2*1-17(2)15-13-11-9-7-5-3-4-6-8-10-12-14-16-18(19)20;1-2-3-4-5-6-7-8-9-10-11-12-13-14-15-16-17-18(19)20;1-2-6(3-7,4-8)5-9/h2*17H,3-16H2,1-2H3,(H,19,20);9-10H,2-8,11-17H2,1H3,(H,19,20);7-9H,2-5H2,1H3/b;;10-9-;. The zero-order valence-electron chi connectivity index (χ0n) is 46.7. The quantitative estimate of drug-likeness (QED) is 0.0256. The number of hydrogen-bond acceptors (Lipinski definition) is 6. The topological polar surface area (TPSA) is 173 Å². The lowest BCUT2D eigenvalue weighted by molar-refractivity contribution is -0.138. The molecule has 0 rings (SSSR count). The zero-order chi connectivity index (χ0) is 52.3. The van der Waals surface area contributed by atoms with Gasteiger partial charge in [-0.1, -0.05) is 259 Å². The summed E-state index contributed by atoms with van der Waals surface area (Å²) in [5, 5.41) is 51.5. The van der Waals surface area contributed by atoms with E-state index in [1.807, 2.05) is 6.92 Å². The van der Waals surface area contributed by atoms with Gasteiger partial charge in [0.15, 0.2) is 0 Å². The summed E-state index contributed by atoms with van der Waals surface area (Å²) in [5.74, 6) is -0.240. The Morgan fingerprint density at radius 1 is 0.348 bits per heavy atom. The third kappa shape index (κ3) is 72.7. The fraction of sp³-hybridized carbons (Fsp3) is 0.917. The minimum Gasteiger partial charge on any atom is -0.481 e. The molecule has 0 aliphatic carbocycles. The number of carboxylic acid groups (broad SMARTS) is 3. The van der Waals surface area contributed by atoms with Crippen LogP contribution < -0.4 is 0 Å². The number of rotatable bonds is 49. The number of aliphatic hydroxyl groups excluding tert-OH is 3. The van der Waals surface area contributed by atoms with Gasteiger partial charge in [0.2, 0.25) is 0 Å². The molecule has 0 aliphatic rings. The zero-order valence-corrected chi connectivity index (χ0v) is 46.7. The molecule has 0 spiro atoms. The van der Waals surface area contributed by atoms with Crippen molar-refractivity contribution in [1.82, 2.24) is 0 Å². The molecule has 0 amide bonds. The van der Waals surface area contributed by atoms with Crippen molar-refractivity contribution < 1.29 is 45.0 Å². The largest absolute Gasteiger partial charge is 0.481 e. The summed E-state index contributed by atoms with van der Waals surface area (Å²) in [4.78, 5) is 31.0. The third-order valence-corrected chi connectivity index (χ3v) is 13.3. The highest BCUT2D eigenvalue weighted by molar-refractivity contribution is 5.67. The Kier molecular flexibility index (Phi) is 66.3. The Bertz CT molecular complexity index is 976. The molecule has 6 N–H and O–H groups in total. The average molecular weight is 986 g/mol. The first-order valence-electron chi connectivity index (χ1n) is 29.4. The van der Waals surface area contributed by atoms with Crippen LogP contribution in [0.3, 0.4) is 0 Å². The van der Waals surface area contributed by atoms with E-state index >= 15 is 0 Å². The van der Waals surface area contributed by atoms with E-state index in [-0.39, 0.29) is 19.8 Å². The van der Waals surface area contributed by atoms with E-state index < -0.39 is 23.3 Å². The minimum absolute atomic E-state index is 0.156. The maximum absolute atomic E-state index is 10.3. The van der Waals surface area contributed by atoms with Gasteiger partial charge in [-0.3, -0.25) is 14.4 Å². The lowest BCUT2D eigenvalue weighted by atomic mass is 9.88. The first-order valence-corrected chi connectivity index (χ1v) is 29.4. The van der Waals surface area contributed by atoms with Gasteiger partial charge in [-0.2, -0.15) is 0 Å². The molecule has 0 radical (unpaired) electrons. The molecule has 0 unspecified atom stereocenters. The van der Waals surface area contributed by atoms with Crippen molar-refractivity contribution in [3.8, 4) is 0 Å². The molecule has 0 atom stereocenters. The summed E-state index contributed by atoms with van der Waals surface area (Å²) < 4.78 is 0. The average Bonchev–Trinajstić information content (AvgIpc) is 3.31. The van der Waals surface area contributed by atoms with E-state index in [9.17, 15) is 14.4 Å². The Hall–Kier alpha value is -1.97. The van der Waals surface area contributed by atoms with Crippen LogP contribution in [-0.2, 0) is 14.4 Å². The van der Waals surface area contributed by atoms with Crippen molar-refractivity contribution in [2.24, 2.45) is 17.3 Å². The van der Waals surface area contributed by atoms with E-state index in [1.54, 1.807) is 0 Å². The van der Waals surface area contributed by atoms with Gasteiger partial charge >= 0.3 is 17.9 Å². The maximum atomic E-state index is 10.3. The molecular formula is C60H120O9. The molecule has 0 bridgehead atoms. The Morgan fingerprint density at radius 2 is 0.565 bits per heavy atom. The van der Waals surface area contributed by atoms with Gasteiger partial charge in [-0.25, -0.2) is 0 Å². The molecule has 69 heavy (non-hydrogen) atoms. The van der Waals surface area contributed by atoms with Gasteiger partial charge in [-0.05, 0) is 63.2 Å². The van der Waals surface area contributed by atoms with Crippen LogP contribution in [0.25, 0.3) is 0 Å². The lowest BCUT2D eigenvalue weighted by Gasteiger charge is -2.24. The molecule has 0 aromatic heterocycles. The lowest BCUT2D eigenvalue weighted by Crippen LogP contribution is -2.32. The second kappa shape index (κ2) is 62.1. The van der Waals surface area contributed by atoms with Gasteiger partial charge in [0.25, 0.3) is 0 Å². The van der Waals surface area contributed by atoms with E-state index in [0.29, 0.717) is 25.7 Å². The normalized spacial score (nSPS) is 11.3. The SMILES string of the molecule is CC(C)CCCCCCCCCCCCCCC(=O)O.CC(C)CCCCCCCCCCCCCCC(=O)O.CCC(CO)(CO)CO.CCCCCCCC/C=C\CCCCCCCC(=O)O. The van der Waals surface area contributed by atoms with Crippen LogP contribution in [-0.4, -0.2) is 68.4 Å². The van der Waals surface area contributed by atoms with Gasteiger partial charge in [0, 0.05) is 24.7 Å². The fourth-order valence-corrected chi connectivity index (χ4v) is 8.03. The van der Waals surface area contributed by atoms with Crippen LogP contribution in [0.4, 0.5) is 0 Å². The Labute approximate surface area is 428 Å². The van der Waals surface area contributed by atoms with Crippen molar-refractivity contribution >= 4 is 17.9 Å². The molecule has 414 valence electrons. The fourth-order valence-electron chi connectivity index (χ4n) is 8.03. The molecule has 0 aromatic rings. The summed E-state index contributed by atoms with van der Waals surface area (Å²) in [6.45, 7) is 12.8. The van der Waals surface area contributed by atoms with Crippen LogP contribution in [0.15, 0.2) is 12.2 Å². The predicted octanol–water partition coefficient (Wildman–Crippen LogP) is 17.8. The molecule has 0 heterocycles. The second-order valence-corrected chi connectivity index (χ2v) is 21.2. The van der Waals surface area contributed by atoms with Crippen LogP contribution in [0, 0.1) is 17.3 Å². The van der Waals surface area contributed by atoms with Gasteiger partial charge in [0.1, 0.15) is 0 Å². The number of allylic oxidation sites excluding steroid dienone is 2. The molecule has 9 nitrogen and oxygen atoms in total. The molecular weight excluding hydrogens is 865 g/mol. The summed E-state index contributed by atoms with van der Waals surface area (Å²) in [5.41, 5.74) is -0.667. The van der Waals surface area contributed by atoms with Crippen molar-refractivity contribution in [3.63, 3.8) is 0 Å². The maximum Gasteiger partial charge on any atom is 0.303 e. The van der Waals surface area contributed by atoms with Crippen molar-refractivity contribution in [3.05, 3.63) is 12.2 Å². The van der Waals surface area contributed by atoms with E-state index in [1.165, 1.54) is 212 Å². The van der Waals surface area contributed by atoms with Crippen LogP contribution in [0.1, 0.15) is 318 Å². The minimum atomic E-state index is -0.667. The molecule has 0 fully saturated rings. The van der Waals surface area contributed by atoms with E-state index in [4.69, 9.17) is 30.6 Å². The smallest absolute Gasteiger partial charge is 0.303 e. The number of carboxylic acids is 3. The van der Waals surface area contributed by atoms with Crippen LogP contribution >= 0.6 is 0 Å². The number of carbonyl (C=O) groups is 3. The molecule has 0 aliphatic heterocycles. The van der Waals surface area contributed by atoms with E-state index in [2.05, 4.69) is 46.8 Å². The molecule has 0 saturated carbocycles.